The van der Waals surface area contributed by atoms with Gasteiger partial charge in [-0.2, -0.15) is 0 Å². The van der Waals surface area contributed by atoms with Crippen LogP contribution in [-0.2, 0) is 9.59 Å². The molecule has 5 nitrogen and oxygen atoms in total. The molecule has 5 heteroatoms. The molecule has 14 heavy (non-hydrogen) atoms. The van der Waals surface area contributed by atoms with Crippen LogP contribution in [0.3, 0.4) is 0 Å². The predicted molar refractivity (Wildman–Crippen MR) is 52.5 cm³/mol. The van der Waals surface area contributed by atoms with Crippen LogP contribution in [-0.4, -0.2) is 41.9 Å². The van der Waals surface area contributed by atoms with Crippen LogP contribution in [0.15, 0.2) is 0 Å². The van der Waals surface area contributed by atoms with Crippen LogP contribution in [0.5, 0.6) is 0 Å². The van der Waals surface area contributed by atoms with Crippen molar-refractivity contribution in [2.45, 2.75) is 32.4 Å². The number of carbonyl (C=O) groups is 2. The molecule has 2 amide bonds. The molecule has 2 unspecified atom stereocenters. The van der Waals surface area contributed by atoms with E-state index in [1.54, 1.807) is 6.92 Å². The molecule has 2 atom stereocenters. The van der Waals surface area contributed by atoms with Gasteiger partial charge in [0.05, 0.1) is 6.04 Å². The average molecular weight is 199 g/mol. The maximum Gasteiger partial charge on any atom is 0.234 e. The lowest BCUT2D eigenvalue weighted by molar-refractivity contribution is -0.122. The summed E-state index contributed by atoms with van der Waals surface area (Å²) in [6.07, 6.45) is 0.886. The summed E-state index contributed by atoms with van der Waals surface area (Å²) in [5.74, 6) is -0.336. The standard InChI is InChI=1S/C9H17N3O2/c1-6(9(10)14)12-4-3-8(5-12)11-7(2)13/h6,8H,3-5H2,1-2H3,(H2,10,14)(H,11,13). The van der Waals surface area contributed by atoms with Crippen LogP contribution in [0.1, 0.15) is 20.3 Å². The third kappa shape index (κ3) is 2.70. The molecule has 0 aromatic rings. The molecule has 1 heterocycles. The van der Waals surface area contributed by atoms with Gasteiger partial charge >= 0.3 is 0 Å². The van der Waals surface area contributed by atoms with Crippen LogP contribution in [0.25, 0.3) is 0 Å². The minimum absolute atomic E-state index is 0.0245. The molecule has 0 spiro atoms. The normalized spacial score (nSPS) is 24.6. The first-order valence-corrected chi connectivity index (χ1v) is 4.81. The third-order valence-corrected chi connectivity index (χ3v) is 2.59. The Labute approximate surface area is 83.6 Å². The summed E-state index contributed by atoms with van der Waals surface area (Å²) in [6, 6.07) is -0.0805. The molecule has 0 bridgehead atoms. The minimum atomic E-state index is -0.312. The summed E-state index contributed by atoms with van der Waals surface area (Å²) >= 11 is 0. The van der Waals surface area contributed by atoms with E-state index in [0.29, 0.717) is 6.54 Å². The lowest BCUT2D eigenvalue weighted by Crippen LogP contribution is -2.43. The van der Waals surface area contributed by atoms with E-state index < -0.39 is 0 Å². The Kier molecular flexibility index (Phi) is 3.46. The fourth-order valence-electron chi connectivity index (χ4n) is 1.72. The van der Waals surface area contributed by atoms with Crippen LogP contribution in [0.4, 0.5) is 0 Å². The second kappa shape index (κ2) is 4.41. The van der Waals surface area contributed by atoms with Gasteiger partial charge in [-0.1, -0.05) is 0 Å². The van der Waals surface area contributed by atoms with Crippen molar-refractivity contribution in [1.29, 1.82) is 0 Å². The number of nitrogens with one attached hydrogen (secondary N) is 1. The van der Waals surface area contributed by atoms with Crippen LogP contribution in [0.2, 0.25) is 0 Å². The highest BCUT2D eigenvalue weighted by Crippen LogP contribution is 2.12. The van der Waals surface area contributed by atoms with E-state index in [9.17, 15) is 9.59 Å². The van der Waals surface area contributed by atoms with Crippen molar-refractivity contribution < 1.29 is 9.59 Å². The molecule has 0 radical (unpaired) electrons. The summed E-state index contributed by atoms with van der Waals surface area (Å²) in [6.45, 7) is 4.82. The van der Waals surface area contributed by atoms with Gasteiger partial charge in [-0.3, -0.25) is 14.5 Å². The number of nitrogens with zero attached hydrogens (tertiary/aromatic N) is 1. The molecule has 1 fully saturated rings. The summed E-state index contributed by atoms with van der Waals surface area (Å²) in [5.41, 5.74) is 5.19. The van der Waals surface area contributed by atoms with E-state index in [1.165, 1.54) is 6.92 Å². The Balaban J connectivity index is 2.41. The van der Waals surface area contributed by atoms with Crippen LogP contribution in [0, 0.1) is 0 Å². The SMILES string of the molecule is CC(=O)NC1CCN(C(C)C(N)=O)C1. The Morgan fingerprint density at radius 2 is 2.21 bits per heavy atom. The van der Waals surface area contributed by atoms with Gasteiger partial charge in [0.2, 0.25) is 11.8 Å². The van der Waals surface area contributed by atoms with Crippen molar-refractivity contribution >= 4 is 11.8 Å². The van der Waals surface area contributed by atoms with Crippen LogP contribution >= 0.6 is 0 Å². The lowest BCUT2D eigenvalue weighted by atomic mass is 10.2. The van der Waals surface area contributed by atoms with E-state index in [2.05, 4.69) is 5.32 Å². The van der Waals surface area contributed by atoms with Crippen molar-refractivity contribution in [3.63, 3.8) is 0 Å². The second-order valence-electron chi connectivity index (χ2n) is 3.76. The fourth-order valence-corrected chi connectivity index (χ4v) is 1.72. The smallest absolute Gasteiger partial charge is 0.234 e. The summed E-state index contributed by atoms with van der Waals surface area (Å²) in [5, 5.41) is 2.83. The van der Waals surface area contributed by atoms with E-state index in [4.69, 9.17) is 5.73 Å². The first-order valence-electron chi connectivity index (χ1n) is 4.81. The monoisotopic (exact) mass is 199 g/mol. The molecule has 3 N–H and O–H groups in total. The highest BCUT2D eigenvalue weighted by Gasteiger charge is 2.28. The number of amides is 2. The number of primary amides is 1. The predicted octanol–water partition coefficient (Wildman–Crippen LogP) is -0.929. The van der Waals surface area contributed by atoms with Gasteiger partial charge in [0, 0.05) is 26.1 Å². The first kappa shape index (κ1) is 11.0. The molecule has 1 saturated heterocycles. The zero-order chi connectivity index (χ0) is 10.7. The fraction of sp³-hybridized carbons (Fsp3) is 0.778. The third-order valence-electron chi connectivity index (χ3n) is 2.59. The molecule has 1 rings (SSSR count). The second-order valence-corrected chi connectivity index (χ2v) is 3.76. The maximum atomic E-state index is 10.9. The van der Waals surface area contributed by atoms with Gasteiger partial charge in [-0.05, 0) is 13.3 Å². The van der Waals surface area contributed by atoms with E-state index in [1.807, 2.05) is 4.90 Å². The van der Waals surface area contributed by atoms with Crippen molar-refractivity contribution in [3.05, 3.63) is 0 Å². The van der Waals surface area contributed by atoms with E-state index in [0.717, 1.165) is 13.0 Å². The molecule has 80 valence electrons. The van der Waals surface area contributed by atoms with Crippen molar-refractivity contribution in [1.82, 2.24) is 10.2 Å². The maximum absolute atomic E-state index is 10.9. The molecule has 0 aromatic heterocycles. The summed E-state index contributed by atoms with van der Waals surface area (Å²) in [7, 11) is 0. The Morgan fingerprint density at radius 1 is 1.57 bits per heavy atom. The van der Waals surface area contributed by atoms with Crippen molar-refractivity contribution in [2.75, 3.05) is 13.1 Å². The minimum Gasteiger partial charge on any atom is -0.368 e. The zero-order valence-electron chi connectivity index (χ0n) is 8.62. The summed E-state index contributed by atoms with van der Waals surface area (Å²) in [4.78, 5) is 23.7. The van der Waals surface area contributed by atoms with Gasteiger partial charge in [-0.15, -0.1) is 0 Å². The van der Waals surface area contributed by atoms with Crippen molar-refractivity contribution in [2.24, 2.45) is 5.73 Å². The summed E-state index contributed by atoms with van der Waals surface area (Å²) < 4.78 is 0. The number of hydrogen-bond donors (Lipinski definition) is 2. The number of hydrogen-bond acceptors (Lipinski definition) is 3. The average Bonchev–Trinajstić information content (AvgIpc) is 2.50. The molecule has 0 saturated carbocycles. The number of rotatable bonds is 3. The number of nitrogens with two attached hydrogens (primary N) is 1. The molecular weight excluding hydrogens is 182 g/mol. The molecule has 1 aliphatic heterocycles. The van der Waals surface area contributed by atoms with E-state index in [-0.39, 0.29) is 23.9 Å². The van der Waals surface area contributed by atoms with Crippen molar-refractivity contribution in [3.8, 4) is 0 Å². The number of likely N-dealkylation sites (tertiary alicyclic amines) is 1. The van der Waals surface area contributed by atoms with Gasteiger partial charge in [-0.25, -0.2) is 0 Å². The Bertz CT molecular complexity index is 242. The highest BCUT2D eigenvalue weighted by atomic mass is 16.2. The molecule has 1 aliphatic rings. The number of carbonyl (C=O) groups excluding carboxylic acids is 2. The highest BCUT2D eigenvalue weighted by molar-refractivity contribution is 5.79. The molecule has 0 aliphatic carbocycles. The largest absolute Gasteiger partial charge is 0.368 e. The Hall–Kier alpha value is -1.10. The zero-order valence-corrected chi connectivity index (χ0v) is 8.62. The van der Waals surface area contributed by atoms with Crippen LogP contribution < -0.4 is 11.1 Å². The quantitative estimate of drug-likeness (QED) is 0.616. The lowest BCUT2D eigenvalue weighted by Gasteiger charge is -2.21. The van der Waals surface area contributed by atoms with Gasteiger partial charge < -0.3 is 11.1 Å². The van der Waals surface area contributed by atoms with E-state index >= 15 is 0 Å². The molecular formula is C9H17N3O2. The first-order chi connectivity index (χ1) is 6.50. The molecule has 0 aromatic carbocycles. The van der Waals surface area contributed by atoms with Gasteiger partial charge in [0.25, 0.3) is 0 Å². The Morgan fingerprint density at radius 3 is 2.71 bits per heavy atom. The van der Waals surface area contributed by atoms with Gasteiger partial charge in [0.1, 0.15) is 0 Å². The topological polar surface area (TPSA) is 75.4 Å². The van der Waals surface area contributed by atoms with Gasteiger partial charge in [0.15, 0.2) is 0 Å².